The number of carbonyl (C=O) groups excluding carboxylic acids is 1. The Bertz CT molecular complexity index is 1070. The lowest BCUT2D eigenvalue weighted by atomic mass is 10.2. The number of para-hydroxylation sites is 1. The molecule has 6 heteroatoms. The average molecular weight is 403 g/mol. The molecule has 0 fully saturated rings. The fourth-order valence-electron chi connectivity index (χ4n) is 3.67. The zero-order valence-electron chi connectivity index (χ0n) is 17.2. The number of aryl methyl sites for hydroxylation is 1. The van der Waals surface area contributed by atoms with Gasteiger partial charge >= 0.3 is 0 Å². The Balaban J connectivity index is 1.55. The van der Waals surface area contributed by atoms with Gasteiger partial charge in [-0.3, -0.25) is 4.79 Å². The third-order valence-corrected chi connectivity index (χ3v) is 5.06. The van der Waals surface area contributed by atoms with Gasteiger partial charge in [-0.25, -0.2) is 4.68 Å². The van der Waals surface area contributed by atoms with Crippen molar-refractivity contribution < 1.29 is 14.3 Å². The predicted molar refractivity (Wildman–Crippen MR) is 117 cm³/mol. The lowest BCUT2D eigenvalue weighted by molar-refractivity contribution is -0.111. The molecule has 1 N–H and O–H groups in total. The number of carbonyl (C=O) groups is 1. The summed E-state index contributed by atoms with van der Waals surface area (Å²) in [6.45, 7) is 2.49. The first kappa shape index (κ1) is 19.8. The third kappa shape index (κ3) is 4.08. The number of anilines is 1. The summed E-state index contributed by atoms with van der Waals surface area (Å²) in [6.07, 6.45) is 6.23. The maximum atomic E-state index is 12.7. The number of methoxy groups -OCH3 is 1. The Morgan fingerprint density at radius 1 is 1.17 bits per heavy atom. The molecule has 1 aliphatic carbocycles. The summed E-state index contributed by atoms with van der Waals surface area (Å²) >= 11 is 0. The van der Waals surface area contributed by atoms with E-state index in [0.29, 0.717) is 18.1 Å². The van der Waals surface area contributed by atoms with Crippen LogP contribution in [0.15, 0.2) is 54.6 Å². The molecule has 0 atom stereocenters. The molecular formula is C24H25N3O3. The van der Waals surface area contributed by atoms with Crippen LogP contribution in [0.1, 0.15) is 30.2 Å². The quantitative estimate of drug-likeness (QED) is 0.593. The van der Waals surface area contributed by atoms with Crippen molar-refractivity contribution in [2.24, 2.45) is 0 Å². The number of hydrogen-bond donors (Lipinski definition) is 1. The van der Waals surface area contributed by atoms with Crippen molar-refractivity contribution in [2.75, 3.05) is 19.0 Å². The van der Waals surface area contributed by atoms with Gasteiger partial charge in [0.2, 0.25) is 5.91 Å². The molecule has 4 rings (SSSR count). The molecule has 0 spiro atoms. The van der Waals surface area contributed by atoms with Gasteiger partial charge in [0.25, 0.3) is 0 Å². The second kappa shape index (κ2) is 8.86. The highest BCUT2D eigenvalue weighted by Gasteiger charge is 2.23. The van der Waals surface area contributed by atoms with E-state index in [4.69, 9.17) is 14.6 Å². The summed E-state index contributed by atoms with van der Waals surface area (Å²) in [5.74, 6) is 1.88. The first-order valence-corrected chi connectivity index (χ1v) is 10.2. The normalized spacial score (nSPS) is 12.7. The monoisotopic (exact) mass is 403 g/mol. The van der Waals surface area contributed by atoms with E-state index in [9.17, 15) is 4.79 Å². The number of aromatic nitrogens is 2. The molecule has 0 bridgehead atoms. The second-order valence-corrected chi connectivity index (χ2v) is 7.04. The Morgan fingerprint density at radius 2 is 2.00 bits per heavy atom. The van der Waals surface area contributed by atoms with E-state index in [2.05, 4.69) is 5.32 Å². The van der Waals surface area contributed by atoms with Gasteiger partial charge in [-0.1, -0.05) is 24.3 Å². The molecule has 1 aromatic heterocycles. The maximum Gasteiger partial charge on any atom is 0.249 e. The van der Waals surface area contributed by atoms with Gasteiger partial charge in [-0.15, -0.1) is 0 Å². The van der Waals surface area contributed by atoms with Gasteiger partial charge in [-0.05, 0) is 62.1 Å². The topological polar surface area (TPSA) is 65.4 Å². The summed E-state index contributed by atoms with van der Waals surface area (Å²) < 4.78 is 12.7. The predicted octanol–water partition coefficient (Wildman–Crippen LogP) is 4.42. The van der Waals surface area contributed by atoms with Crippen LogP contribution in [-0.4, -0.2) is 29.4 Å². The fraction of sp³-hybridized carbons (Fsp3) is 0.250. The fourth-order valence-corrected chi connectivity index (χ4v) is 3.67. The number of amides is 1. The zero-order valence-corrected chi connectivity index (χ0v) is 17.2. The molecule has 154 valence electrons. The van der Waals surface area contributed by atoms with Gasteiger partial charge in [0.05, 0.1) is 25.1 Å². The molecule has 1 heterocycles. The number of benzene rings is 2. The van der Waals surface area contributed by atoms with E-state index >= 15 is 0 Å². The Morgan fingerprint density at radius 3 is 2.77 bits per heavy atom. The molecule has 0 radical (unpaired) electrons. The van der Waals surface area contributed by atoms with Crippen molar-refractivity contribution in [2.45, 2.75) is 26.2 Å². The number of hydrogen-bond acceptors (Lipinski definition) is 4. The molecule has 6 nitrogen and oxygen atoms in total. The van der Waals surface area contributed by atoms with Crippen molar-refractivity contribution in [3.63, 3.8) is 0 Å². The number of nitrogens with zero attached hydrogens (tertiary/aromatic N) is 2. The molecule has 0 saturated carbocycles. The SMILES string of the molecule is CCOc1ccc(/C=C/C(=O)Nc2c3c(nn2-c2ccccc2)CCC3)cc1OC. The highest BCUT2D eigenvalue weighted by molar-refractivity contribution is 6.02. The van der Waals surface area contributed by atoms with E-state index in [1.807, 2.05) is 60.1 Å². The molecule has 0 unspecified atom stereocenters. The molecule has 0 aliphatic heterocycles. The van der Waals surface area contributed by atoms with Crippen molar-refractivity contribution >= 4 is 17.8 Å². The summed E-state index contributed by atoms with van der Waals surface area (Å²) in [4.78, 5) is 12.7. The van der Waals surface area contributed by atoms with Crippen molar-refractivity contribution in [3.05, 3.63) is 71.4 Å². The van der Waals surface area contributed by atoms with Crippen LogP contribution in [0, 0.1) is 0 Å². The molecule has 1 aliphatic rings. The number of nitrogens with one attached hydrogen (secondary N) is 1. The minimum atomic E-state index is -0.199. The van der Waals surface area contributed by atoms with Crippen molar-refractivity contribution in [1.29, 1.82) is 0 Å². The smallest absolute Gasteiger partial charge is 0.249 e. The van der Waals surface area contributed by atoms with Crippen LogP contribution >= 0.6 is 0 Å². The number of rotatable bonds is 7. The Hall–Kier alpha value is -3.54. The van der Waals surface area contributed by atoms with Crippen LogP contribution in [-0.2, 0) is 17.6 Å². The number of ether oxygens (including phenoxy) is 2. The molecular weight excluding hydrogens is 378 g/mol. The minimum Gasteiger partial charge on any atom is -0.493 e. The third-order valence-electron chi connectivity index (χ3n) is 5.06. The van der Waals surface area contributed by atoms with Gasteiger partial charge in [0.15, 0.2) is 11.5 Å². The lowest BCUT2D eigenvalue weighted by Crippen LogP contribution is -2.13. The number of fused-ring (bicyclic) bond motifs is 1. The second-order valence-electron chi connectivity index (χ2n) is 7.04. The van der Waals surface area contributed by atoms with Gasteiger partial charge in [0, 0.05) is 11.6 Å². The summed E-state index contributed by atoms with van der Waals surface area (Å²) in [7, 11) is 1.60. The molecule has 3 aromatic rings. The molecule has 30 heavy (non-hydrogen) atoms. The molecule has 1 amide bonds. The maximum absolute atomic E-state index is 12.7. The highest BCUT2D eigenvalue weighted by Crippen LogP contribution is 2.31. The van der Waals surface area contributed by atoms with Gasteiger partial charge in [-0.2, -0.15) is 5.10 Å². The van der Waals surface area contributed by atoms with Crippen LogP contribution in [0.2, 0.25) is 0 Å². The molecule has 2 aromatic carbocycles. The Kier molecular flexibility index (Phi) is 5.84. The van der Waals surface area contributed by atoms with Crippen LogP contribution < -0.4 is 14.8 Å². The standard InChI is InChI=1S/C24H25N3O3/c1-3-30-21-14-12-17(16-22(21)29-2)13-15-23(28)25-24-19-10-7-11-20(19)26-27(24)18-8-5-4-6-9-18/h4-6,8-9,12-16H,3,7,10-11H2,1-2H3,(H,25,28)/b15-13+. The van der Waals surface area contributed by atoms with Crippen LogP contribution in [0.3, 0.4) is 0 Å². The van der Waals surface area contributed by atoms with E-state index in [1.54, 1.807) is 13.2 Å². The highest BCUT2D eigenvalue weighted by atomic mass is 16.5. The summed E-state index contributed by atoms with van der Waals surface area (Å²) in [6, 6.07) is 15.5. The summed E-state index contributed by atoms with van der Waals surface area (Å²) in [5.41, 5.74) is 3.98. The van der Waals surface area contributed by atoms with Crippen molar-refractivity contribution in [3.8, 4) is 17.2 Å². The first-order valence-electron chi connectivity index (χ1n) is 10.2. The van der Waals surface area contributed by atoms with Crippen LogP contribution in [0.5, 0.6) is 11.5 Å². The average Bonchev–Trinajstić information content (AvgIpc) is 3.36. The largest absolute Gasteiger partial charge is 0.493 e. The van der Waals surface area contributed by atoms with Crippen LogP contribution in [0.25, 0.3) is 11.8 Å². The van der Waals surface area contributed by atoms with E-state index in [0.717, 1.165) is 47.6 Å². The van der Waals surface area contributed by atoms with E-state index in [1.165, 1.54) is 6.08 Å². The van der Waals surface area contributed by atoms with Gasteiger partial charge < -0.3 is 14.8 Å². The minimum absolute atomic E-state index is 0.199. The van der Waals surface area contributed by atoms with E-state index in [-0.39, 0.29) is 5.91 Å². The van der Waals surface area contributed by atoms with Crippen molar-refractivity contribution in [1.82, 2.24) is 9.78 Å². The summed E-state index contributed by atoms with van der Waals surface area (Å²) in [5, 5.41) is 7.77. The Labute approximate surface area is 176 Å². The lowest BCUT2D eigenvalue weighted by Gasteiger charge is -2.10. The van der Waals surface area contributed by atoms with E-state index < -0.39 is 0 Å². The first-order chi connectivity index (χ1) is 14.7. The molecule has 0 saturated heterocycles. The zero-order chi connectivity index (χ0) is 20.9. The van der Waals surface area contributed by atoms with Crippen LogP contribution in [0.4, 0.5) is 5.82 Å². The van der Waals surface area contributed by atoms with Gasteiger partial charge in [0.1, 0.15) is 5.82 Å².